The zero-order valence-corrected chi connectivity index (χ0v) is 16.8. The van der Waals surface area contributed by atoms with Crippen molar-refractivity contribution in [3.8, 4) is 0 Å². The lowest BCUT2D eigenvalue weighted by Gasteiger charge is -2.03. The Kier molecular flexibility index (Phi) is 5.43. The number of benzene rings is 2. The van der Waals surface area contributed by atoms with Gasteiger partial charge in [-0.3, -0.25) is 20.2 Å². The number of thioether (sulfide) groups is 1. The summed E-state index contributed by atoms with van der Waals surface area (Å²) in [5.41, 5.74) is 1.62. The molecule has 2 heterocycles. The number of aromatic nitrogens is 4. The van der Waals surface area contributed by atoms with E-state index in [2.05, 4.69) is 25.5 Å². The highest BCUT2D eigenvalue weighted by Crippen LogP contribution is 2.29. The van der Waals surface area contributed by atoms with Crippen molar-refractivity contribution >= 4 is 62.5 Å². The average molecular weight is 447 g/mol. The van der Waals surface area contributed by atoms with E-state index in [0.29, 0.717) is 10.1 Å². The van der Waals surface area contributed by atoms with Crippen molar-refractivity contribution in [2.45, 2.75) is 10.1 Å². The second-order valence-electron chi connectivity index (χ2n) is 5.74. The van der Waals surface area contributed by atoms with E-state index < -0.39 is 10.8 Å². The SMILES string of the molecule is O=C(Nc1nnc(SCc2nc3ccccc3[nH]2)s1)c1cc([N+](=O)[O-])ccc1Cl. The van der Waals surface area contributed by atoms with Gasteiger partial charge in [-0.1, -0.05) is 46.8 Å². The molecular formula is C17H11ClN6O3S2. The van der Waals surface area contributed by atoms with Crippen LogP contribution in [-0.2, 0) is 5.75 Å². The van der Waals surface area contributed by atoms with Crippen LogP contribution in [0.1, 0.15) is 16.2 Å². The van der Waals surface area contributed by atoms with E-state index in [1.807, 2.05) is 24.3 Å². The number of carbonyl (C=O) groups is 1. The van der Waals surface area contributed by atoms with Gasteiger partial charge in [0.2, 0.25) is 5.13 Å². The number of para-hydroxylation sites is 2. The summed E-state index contributed by atoms with van der Waals surface area (Å²) in [5.74, 6) is 0.776. The molecule has 29 heavy (non-hydrogen) atoms. The summed E-state index contributed by atoms with van der Waals surface area (Å²) >= 11 is 8.60. The van der Waals surface area contributed by atoms with Gasteiger partial charge < -0.3 is 4.98 Å². The number of anilines is 1. The maximum Gasteiger partial charge on any atom is 0.270 e. The van der Waals surface area contributed by atoms with Crippen LogP contribution < -0.4 is 5.32 Å². The van der Waals surface area contributed by atoms with E-state index in [1.54, 1.807) is 0 Å². The van der Waals surface area contributed by atoms with Crippen molar-refractivity contribution in [1.29, 1.82) is 0 Å². The average Bonchev–Trinajstić information content (AvgIpc) is 3.32. The van der Waals surface area contributed by atoms with Crippen molar-refractivity contribution in [3.05, 3.63) is 69.0 Å². The van der Waals surface area contributed by atoms with Crippen LogP contribution in [0, 0.1) is 10.1 Å². The van der Waals surface area contributed by atoms with Crippen molar-refractivity contribution in [2.75, 3.05) is 5.32 Å². The molecule has 0 bridgehead atoms. The summed E-state index contributed by atoms with van der Waals surface area (Å²) in [6, 6.07) is 11.4. The Morgan fingerprint density at radius 1 is 1.28 bits per heavy atom. The van der Waals surface area contributed by atoms with Gasteiger partial charge in [0, 0.05) is 12.1 Å². The summed E-state index contributed by atoms with van der Waals surface area (Å²) in [5, 5.41) is 21.8. The number of halogens is 1. The fourth-order valence-corrected chi connectivity index (χ4v) is 4.31. The molecule has 0 unspecified atom stereocenters. The van der Waals surface area contributed by atoms with Crippen molar-refractivity contribution in [1.82, 2.24) is 20.2 Å². The molecule has 0 radical (unpaired) electrons. The summed E-state index contributed by atoms with van der Waals surface area (Å²) in [7, 11) is 0. The largest absolute Gasteiger partial charge is 0.341 e. The van der Waals surface area contributed by atoms with Crippen LogP contribution in [0.3, 0.4) is 0 Å². The molecule has 0 fully saturated rings. The van der Waals surface area contributed by atoms with E-state index in [9.17, 15) is 14.9 Å². The maximum absolute atomic E-state index is 12.4. The number of amides is 1. The van der Waals surface area contributed by atoms with Crippen molar-refractivity contribution < 1.29 is 9.72 Å². The minimum Gasteiger partial charge on any atom is -0.341 e. The van der Waals surface area contributed by atoms with E-state index in [-0.39, 0.29) is 21.4 Å². The van der Waals surface area contributed by atoms with Gasteiger partial charge >= 0.3 is 0 Å². The van der Waals surface area contributed by atoms with Gasteiger partial charge in [0.05, 0.1) is 32.3 Å². The van der Waals surface area contributed by atoms with Crippen molar-refractivity contribution in [2.24, 2.45) is 0 Å². The summed E-state index contributed by atoms with van der Waals surface area (Å²) in [6.45, 7) is 0. The number of imidazole rings is 1. The number of hydrogen-bond donors (Lipinski definition) is 2. The number of hydrogen-bond acceptors (Lipinski definition) is 8. The first kappa shape index (κ1) is 19.3. The molecule has 0 aliphatic heterocycles. The van der Waals surface area contributed by atoms with Gasteiger partial charge in [0.15, 0.2) is 4.34 Å². The number of nitrogens with zero attached hydrogens (tertiary/aromatic N) is 4. The number of non-ortho nitro benzene ring substituents is 1. The number of rotatable bonds is 6. The maximum atomic E-state index is 12.4. The highest BCUT2D eigenvalue weighted by Gasteiger charge is 2.17. The highest BCUT2D eigenvalue weighted by atomic mass is 35.5. The number of H-pyrrole nitrogens is 1. The van der Waals surface area contributed by atoms with Crippen LogP contribution in [-0.4, -0.2) is 31.0 Å². The second-order valence-corrected chi connectivity index (χ2v) is 8.35. The molecule has 0 spiro atoms. The Morgan fingerprint density at radius 2 is 2.10 bits per heavy atom. The number of carbonyl (C=O) groups excluding carboxylic acids is 1. The minimum absolute atomic E-state index is 0.00690. The van der Waals surface area contributed by atoms with Gasteiger partial charge in [0.25, 0.3) is 11.6 Å². The van der Waals surface area contributed by atoms with Crippen LogP contribution in [0.2, 0.25) is 5.02 Å². The van der Waals surface area contributed by atoms with Crippen LogP contribution in [0.5, 0.6) is 0 Å². The molecule has 0 saturated carbocycles. The minimum atomic E-state index is -0.594. The molecule has 1 amide bonds. The van der Waals surface area contributed by atoms with Gasteiger partial charge in [0.1, 0.15) is 5.82 Å². The first-order chi connectivity index (χ1) is 14.0. The molecule has 146 valence electrons. The zero-order chi connectivity index (χ0) is 20.4. The highest BCUT2D eigenvalue weighted by molar-refractivity contribution is 8.00. The van der Waals surface area contributed by atoms with E-state index in [0.717, 1.165) is 22.9 Å². The van der Waals surface area contributed by atoms with Gasteiger partial charge in [-0.05, 0) is 18.2 Å². The van der Waals surface area contributed by atoms with Gasteiger partial charge in [-0.15, -0.1) is 10.2 Å². The molecule has 4 rings (SSSR count). The number of nitrogens with one attached hydrogen (secondary N) is 2. The molecule has 2 aromatic heterocycles. The fraction of sp³-hybridized carbons (Fsp3) is 0.0588. The lowest BCUT2D eigenvalue weighted by molar-refractivity contribution is -0.384. The fourth-order valence-electron chi connectivity index (χ4n) is 2.49. The molecule has 0 aliphatic rings. The molecule has 0 saturated heterocycles. The Labute approximate surface area is 176 Å². The number of fused-ring (bicyclic) bond motifs is 1. The summed E-state index contributed by atoms with van der Waals surface area (Å²) in [4.78, 5) is 30.4. The monoisotopic (exact) mass is 446 g/mol. The molecule has 0 aliphatic carbocycles. The Hall–Kier alpha value is -3.02. The predicted octanol–water partition coefficient (Wildman–Crippen LogP) is 4.52. The van der Waals surface area contributed by atoms with Gasteiger partial charge in [-0.25, -0.2) is 4.98 Å². The van der Waals surface area contributed by atoms with Crippen LogP contribution in [0.25, 0.3) is 11.0 Å². The van der Waals surface area contributed by atoms with E-state index in [1.165, 1.54) is 35.2 Å². The molecular weight excluding hydrogens is 436 g/mol. The second kappa shape index (κ2) is 8.15. The van der Waals surface area contributed by atoms with Crippen LogP contribution in [0.4, 0.5) is 10.8 Å². The number of nitro groups is 1. The van der Waals surface area contributed by atoms with E-state index >= 15 is 0 Å². The topological polar surface area (TPSA) is 127 Å². The molecule has 0 atom stereocenters. The number of nitro benzene ring substituents is 1. The first-order valence-electron chi connectivity index (χ1n) is 8.15. The lowest BCUT2D eigenvalue weighted by Crippen LogP contribution is -2.12. The van der Waals surface area contributed by atoms with Crippen LogP contribution in [0.15, 0.2) is 46.8 Å². The Balaban J connectivity index is 1.42. The normalized spacial score (nSPS) is 10.9. The first-order valence-corrected chi connectivity index (χ1v) is 10.3. The zero-order valence-electron chi connectivity index (χ0n) is 14.5. The quantitative estimate of drug-likeness (QED) is 0.193. The number of aromatic amines is 1. The third-order valence-corrected chi connectivity index (χ3v) is 6.12. The lowest BCUT2D eigenvalue weighted by atomic mass is 10.2. The molecule has 4 aromatic rings. The summed E-state index contributed by atoms with van der Waals surface area (Å²) in [6.07, 6.45) is 0. The Morgan fingerprint density at radius 3 is 2.90 bits per heavy atom. The van der Waals surface area contributed by atoms with Crippen molar-refractivity contribution in [3.63, 3.8) is 0 Å². The molecule has 2 N–H and O–H groups in total. The smallest absolute Gasteiger partial charge is 0.270 e. The molecule has 12 heteroatoms. The Bertz CT molecular complexity index is 1190. The third kappa shape index (κ3) is 4.36. The van der Waals surface area contributed by atoms with E-state index in [4.69, 9.17) is 11.6 Å². The molecule has 2 aromatic carbocycles. The summed E-state index contributed by atoms with van der Waals surface area (Å²) < 4.78 is 0.644. The van der Waals surface area contributed by atoms with Gasteiger partial charge in [-0.2, -0.15) is 0 Å². The molecule has 9 nitrogen and oxygen atoms in total. The third-order valence-electron chi connectivity index (χ3n) is 3.80. The predicted molar refractivity (Wildman–Crippen MR) is 112 cm³/mol. The van der Waals surface area contributed by atoms with Crippen LogP contribution >= 0.6 is 34.7 Å². The standard InChI is InChI=1S/C17H11ClN6O3S2/c18-11-6-5-9(24(26)27)7-10(11)15(25)21-16-22-23-17(29-16)28-8-14-19-12-3-1-2-4-13(12)20-14/h1-7H,8H2,(H,19,20)(H,21,22,25).